The Kier molecular flexibility index (Phi) is 16.7. The predicted molar refractivity (Wildman–Crippen MR) is 249 cm³/mol. The number of fused-ring (bicyclic) bond motifs is 7. The Morgan fingerprint density at radius 3 is 2.10 bits per heavy atom. The van der Waals surface area contributed by atoms with E-state index < -0.39 is 153 Å². The minimum Gasteiger partial charge on any atom is -0.394 e. The Morgan fingerprint density at radius 1 is 0.726 bits per heavy atom. The Hall–Kier alpha value is -1.40. The Morgan fingerprint density at radius 2 is 1.38 bits per heavy atom. The van der Waals surface area contributed by atoms with Gasteiger partial charge in [-0.1, -0.05) is 44.6 Å². The largest absolute Gasteiger partial charge is 0.394 e. The van der Waals surface area contributed by atoms with E-state index in [-0.39, 0.29) is 54.1 Å². The van der Waals surface area contributed by atoms with Crippen LogP contribution in [0.5, 0.6) is 0 Å². The molecule has 4 aliphatic carbocycles. The first kappa shape index (κ1) is 56.3. The average molecular weight is 1050 g/mol. The first-order chi connectivity index (χ1) is 34.5. The molecule has 0 amide bonds. The van der Waals surface area contributed by atoms with Gasteiger partial charge in [-0.05, 0) is 81.5 Å². The van der Waals surface area contributed by atoms with Gasteiger partial charge < -0.3 is 109 Å². The second-order valence-corrected chi connectivity index (χ2v) is 23.2. The van der Waals surface area contributed by atoms with Crippen LogP contribution in [-0.4, -0.2) is 229 Å². The van der Waals surface area contributed by atoms with E-state index in [4.69, 9.17) is 47.4 Å². The number of hydrogen-bond acceptors (Lipinski definition) is 22. The van der Waals surface area contributed by atoms with E-state index in [2.05, 4.69) is 33.4 Å². The molecule has 418 valence electrons. The molecule has 8 fully saturated rings. The SMILES string of the molecule is C=C(CCC1(OC)O[C@H]2C[C@H]3[C@@H]4CC=C5C[C@@H](O)C[C@@H](O[C@@H]6O[C@H](C)[C@H](O)[C@H](O[C@@H]7OC[C@@H](O)[C@H](O)[C@H]7O)[C@H]6O[C@@H]6O[C@@H](C)[C@H](O)[C@@H](O)[C@H]6O)[C@]5(C)[C@H]4CC[C@]3(C)[C@H]2[C@@H]1C)CO[C@@H]1O[C@H](CO)[C@@H](O)[C@H](O)[C@H]1O. The highest BCUT2D eigenvalue weighted by Gasteiger charge is 2.69. The van der Waals surface area contributed by atoms with E-state index in [0.29, 0.717) is 24.8 Å². The molecule has 5 saturated heterocycles. The van der Waals surface area contributed by atoms with Crippen LogP contribution in [0.4, 0.5) is 0 Å². The van der Waals surface area contributed by atoms with Crippen LogP contribution in [-0.2, 0) is 47.4 Å². The summed E-state index contributed by atoms with van der Waals surface area (Å²) in [7, 11) is 1.66. The van der Waals surface area contributed by atoms with Crippen molar-refractivity contribution in [1.82, 2.24) is 0 Å². The van der Waals surface area contributed by atoms with Crippen molar-refractivity contribution in [3.05, 3.63) is 23.8 Å². The zero-order valence-electron chi connectivity index (χ0n) is 42.6. The maximum atomic E-state index is 11.7. The summed E-state index contributed by atoms with van der Waals surface area (Å²) in [6.45, 7) is 13.1. The van der Waals surface area contributed by atoms with Gasteiger partial charge in [-0.15, -0.1) is 0 Å². The molecule has 5 aliphatic heterocycles. The van der Waals surface area contributed by atoms with Crippen LogP contribution in [0, 0.1) is 40.4 Å². The molecule has 3 saturated carbocycles. The van der Waals surface area contributed by atoms with Gasteiger partial charge in [0.15, 0.2) is 30.9 Å². The smallest absolute Gasteiger partial charge is 0.187 e. The van der Waals surface area contributed by atoms with E-state index in [9.17, 15) is 61.3 Å². The molecular weight excluding hydrogens is 965 g/mol. The summed E-state index contributed by atoms with van der Waals surface area (Å²) in [6.07, 6.45) is -21.9. The predicted octanol–water partition coefficient (Wildman–Crippen LogP) is -1.80. The summed E-state index contributed by atoms with van der Waals surface area (Å²) in [5, 5.41) is 128. The summed E-state index contributed by atoms with van der Waals surface area (Å²) in [5.74, 6) is -0.229. The van der Waals surface area contributed by atoms with Crippen molar-refractivity contribution in [2.24, 2.45) is 40.4 Å². The molecule has 0 radical (unpaired) electrons. The van der Waals surface area contributed by atoms with Gasteiger partial charge in [-0.2, -0.15) is 0 Å². The zero-order valence-corrected chi connectivity index (χ0v) is 42.6. The third-order valence-corrected chi connectivity index (χ3v) is 19.2. The Bertz CT molecular complexity index is 1950. The number of aliphatic hydroxyl groups is 12. The van der Waals surface area contributed by atoms with Crippen LogP contribution in [0.15, 0.2) is 23.8 Å². The topological polar surface area (TPSA) is 335 Å². The summed E-state index contributed by atoms with van der Waals surface area (Å²) in [5.41, 5.74) is 0.975. The molecule has 9 rings (SSSR count). The third kappa shape index (κ3) is 9.86. The van der Waals surface area contributed by atoms with Gasteiger partial charge in [-0.25, -0.2) is 0 Å². The van der Waals surface area contributed by atoms with Crippen LogP contribution < -0.4 is 0 Å². The number of methoxy groups -OCH3 is 1. The van der Waals surface area contributed by atoms with Crippen molar-refractivity contribution in [2.45, 2.75) is 227 Å². The first-order valence-corrected chi connectivity index (χ1v) is 26.3. The Labute approximate surface area is 425 Å². The van der Waals surface area contributed by atoms with E-state index in [1.54, 1.807) is 14.0 Å². The first-order valence-electron chi connectivity index (χ1n) is 26.3. The van der Waals surface area contributed by atoms with Crippen LogP contribution >= 0.6 is 0 Å². The van der Waals surface area contributed by atoms with E-state index in [1.807, 2.05) is 0 Å². The fraction of sp³-hybridized carbons (Fsp3) is 0.922. The standard InChI is InChI=1S/C51H82O22/c1-20(18-65-45-41(62)39(60)37(58)31(17-52)69-45)10-13-51(64-7)21(2)33-30(73-51)16-28-26-9-8-24-14-25(53)15-32(50(24,6)27(26)11-12-49(28,33)5)70-48-44(72-47-42(63)38(59)34(55)22(3)67-47)43(35(56)23(4)68-48)71-46-40(61)36(57)29(54)19-66-46/h8,21-23,25-48,52-63H,1,9-19H2,2-7H3/t21-,22-,23+,25+,26+,27-,28-,29+,30-,31+,32+,33-,34-,35-,36-,37+,38+,39-,40+,41+,42+,43-,44+,45+,46-,47-,48-,49-,50-,51?/m0/s1. The molecule has 0 spiro atoms. The van der Waals surface area contributed by atoms with Crippen LogP contribution in [0.25, 0.3) is 0 Å². The normalized spacial score (nSPS) is 55.0. The highest BCUT2D eigenvalue weighted by molar-refractivity contribution is 5.29. The molecule has 0 aromatic heterocycles. The minimum absolute atomic E-state index is 0.0126. The highest BCUT2D eigenvalue weighted by atomic mass is 16.8. The van der Waals surface area contributed by atoms with Gasteiger partial charge in [0.2, 0.25) is 0 Å². The van der Waals surface area contributed by atoms with Crippen molar-refractivity contribution in [3.63, 3.8) is 0 Å². The molecule has 9 aliphatic rings. The number of hydrogen-bond donors (Lipinski definition) is 12. The van der Waals surface area contributed by atoms with Crippen molar-refractivity contribution >= 4 is 0 Å². The fourth-order valence-corrected chi connectivity index (χ4v) is 14.9. The lowest BCUT2D eigenvalue weighted by Crippen LogP contribution is -2.66. The lowest BCUT2D eigenvalue weighted by molar-refractivity contribution is -0.391. The number of rotatable bonds is 14. The van der Waals surface area contributed by atoms with E-state index >= 15 is 0 Å². The van der Waals surface area contributed by atoms with Crippen molar-refractivity contribution in [2.75, 3.05) is 26.9 Å². The maximum absolute atomic E-state index is 11.7. The van der Waals surface area contributed by atoms with Crippen molar-refractivity contribution in [3.8, 4) is 0 Å². The summed E-state index contributed by atoms with van der Waals surface area (Å²) in [4.78, 5) is 0. The summed E-state index contributed by atoms with van der Waals surface area (Å²) in [6, 6.07) is 0. The fourth-order valence-electron chi connectivity index (χ4n) is 14.9. The van der Waals surface area contributed by atoms with Gasteiger partial charge in [0.25, 0.3) is 0 Å². The number of allylic oxidation sites excluding steroid dienone is 1. The van der Waals surface area contributed by atoms with Crippen LogP contribution in [0.3, 0.4) is 0 Å². The second-order valence-electron chi connectivity index (χ2n) is 23.2. The molecular formula is C51H82O22. The van der Waals surface area contributed by atoms with Gasteiger partial charge in [0.05, 0.1) is 50.3 Å². The molecule has 12 N–H and O–H groups in total. The molecule has 0 bridgehead atoms. The van der Waals surface area contributed by atoms with Gasteiger partial charge in [0, 0.05) is 31.3 Å². The summed E-state index contributed by atoms with van der Waals surface area (Å²) < 4.78 is 62.2. The molecule has 0 aromatic rings. The molecule has 5 heterocycles. The molecule has 22 heteroatoms. The third-order valence-electron chi connectivity index (χ3n) is 19.2. The van der Waals surface area contributed by atoms with Crippen molar-refractivity contribution < 1.29 is 109 Å². The maximum Gasteiger partial charge on any atom is 0.187 e. The summed E-state index contributed by atoms with van der Waals surface area (Å²) >= 11 is 0. The molecule has 73 heavy (non-hydrogen) atoms. The zero-order chi connectivity index (χ0) is 52.8. The van der Waals surface area contributed by atoms with Gasteiger partial charge >= 0.3 is 0 Å². The molecule has 0 aromatic carbocycles. The number of aliphatic hydroxyl groups excluding tert-OH is 12. The minimum atomic E-state index is -1.77. The van der Waals surface area contributed by atoms with Gasteiger partial charge in [0.1, 0.15) is 79.4 Å². The van der Waals surface area contributed by atoms with Crippen LogP contribution in [0.1, 0.15) is 86.0 Å². The van der Waals surface area contributed by atoms with E-state index in [1.165, 1.54) is 6.92 Å². The van der Waals surface area contributed by atoms with Crippen molar-refractivity contribution in [1.29, 1.82) is 0 Å². The highest BCUT2D eigenvalue weighted by Crippen LogP contribution is 2.70. The van der Waals surface area contributed by atoms with E-state index in [0.717, 1.165) is 31.3 Å². The second kappa shape index (κ2) is 21.7. The average Bonchev–Trinajstić information content (AvgIpc) is 3.82. The quantitative estimate of drug-likeness (QED) is 0.0855. The molecule has 22 nitrogen and oxygen atoms in total. The van der Waals surface area contributed by atoms with Crippen LogP contribution in [0.2, 0.25) is 0 Å². The Balaban J connectivity index is 0.923. The number of ether oxygens (including phenoxy) is 10. The molecule has 30 atom stereocenters. The molecule has 1 unspecified atom stereocenters. The lowest BCUT2D eigenvalue weighted by Gasteiger charge is -2.60. The lowest BCUT2D eigenvalue weighted by atomic mass is 9.46. The van der Waals surface area contributed by atoms with Gasteiger partial charge in [-0.3, -0.25) is 0 Å². The monoisotopic (exact) mass is 1050 g/mol.